The van der Waals surface area contributed by atoms with Crippen LogP contribution in [-0.4, -0.2) is 11.2 Å². The summed E-state index contributed by atoms with van der Waals surface area (Å²) in [6.07, 6.45) is 8.00. The van der Waals surface area contributed by atoms with Crippen LogP contribution in [0, 0.1) is 0 Å². The minimum absolute atomic E-state index is 0.366. The second kappa shape index (κ2) is 8.77. The Morgan fingerprint density at radius 1 is 1.00 bits per heavy atom. The molecule has 0 aromatic heterocycles. The van der Waals surface area contributed by atoms with Crippen molar-refractivity contribution >= 4 is 17.7 Å². The van der Waals surface area contributed by atoms with Crippen LogP contribution in [0.1, 0.15) is 32.1 Å². The third-order valence-corrected chi connectivity index (χ3v) is 5.70. The fourth-order valence-electron chi connectivity index (χ4n) is 2.97. The van der Waals surface area contributed by atoms with Gasteiger partial charge in [-0.15, -0.1) is 11.8 Å². The van der Waals surface area contributed by atoms with Gasteiger partial charge in [0.2, 0.25) is 0 Å². The highest BCUT2D eigenvalue weighted by atomic mass is 32.2. The maximum atomic E-state index is 11.1. The Hall–Kier alpha value is -2.20. The Morgan fingerprint density at radius 3 is 2.20 bits per heavy atom. The van der Waals surface area contributed by atoms with Crippen molar-refractivity contribution in [3.05, 3.63) is 61.2 Å². The zero-order chi connectivity index (χ0) is 17.5. The molecule has 0 saturated heterocycles. The number of hydroxylamine groups is 1. The predicted molar refractivity (Wildman–Crippen MR) is 104 cm³/mol. The first-order valence-electron chi connectivity index (χ1n) is 8.71. The molecule has 25 heavy (non-hydrogen) atoms. The second-order valence-corrected chi connectivity index (χ2v) is 7.57. The molecule has 0 atom stereocenters. The Kier molecular flexibility index (Phi) is 6.18. The van der Waals surface area contributed by atoms with Crippen LogP contribution in [0.2, 0.25) is 0 Å². The van der Waals surface area contributed by atoms with Crippen LogP contribution in [0.5, 0.6) is 5.75 Å². The predicted octanol–water partition coefficient (Wildman–Crippen LogP) is 5.37. The molecule has 1 N–H and O–H groups in total. The number of benzene rings is 2. The van der Waals surface area contributed by atoms with E-state index in [-0.39, 0.29) is 5.91 Å². The first-order chi connectivity index (χ1) is 12.2. The smallest absolute Gasteiger partial charge is 0.276 e. The number of carbonyl (C=O) groups is 1. The molecule has 2 aromatic carbocycles. The maximum Gasteiger partial charge on any atom is 0.276 e. The summed E-state index contributed by atoms with van der Waals surface area (Å²) in [5.41, 5.74) is 4.59. The lowest BCUT2D eigenvalue weighted by molar-refractivity contribution is -0.122. The molecule has 3 rings (SSSR count). The van der Waals surface area contributed by atoms with Gasteiger partial charge in [0.25, 0.3) is 5.91 Å². The van der Waals surface area contributed by atoms with E-state index >= 15 is 0 Å². The lowest BCUT2D eigenvalue weighted by atomic mass is 10.0. The third kappa shape index (κ3) is 5.13. The molecule has 0 unspecified atom stereocenters. The number of hydrogen-bond donors (Lipinski definition) is 1. The van der Waals surface area contributed by atoms with E-state index in [1.165, 1.54) is 48.6 Å². The Morgan fingerprint density at radius 2 is 1.60 bits per heavy atom. The molecule has 1 amide bonds. The summed E-state index contributed by atoms with van der Waals surface area (Å²) in [5.74, 6) is 0.221. The SMILES string of the molecule is C=CC(=O)NOc1ccc(-c2ccc(SC3CCCCC3)cc2)cc1. The van der Waals surface area contributed by atoms with Gasteiger partial charge in [0.1, 0.15) is 0 Å². The zero-order valence-electron chi connectivity index (χ0n) is 14.2. The van der Waals surface area contributed by atoms with Gasteiger partial charge in [-0.05, 0) is 54.3 Å². The third-order valence-electron chi connectivity index (χ3n) is 4.35. The fraction of sp³-hybridized carbons (Fsp3) is 0.286. The highest BCUT2D eigenvalue weighted by Crippen LogP contribution is 2.34. The summed E-state index contributed by atoms with van der Waals surface area (Å²) in [6, 6.07) is 16.4. The Labute approximate surface area is 153 Å². The van der Waals surface area contributed by atoms with Crippen LogP contribution < -0.4 is 10.3 Å². The molecule has 130 valence electrons. The average Bonchev–Trinajstić information content (AvgIpc) is 2.68. The Balaban J connectivity index is 1.59. The van der Waals surface area contributed by atoms with Crippen molar-refractivity contribution in [2.75, 3.05) is 0 Å². The normalized spacial score (nSPS) is 14.7. The molecule has 3 nitrogen and oxygen atoms in total. The number of thioether (sulfide) groups is 1. The first kappa shape index (κ1) is 17.6. The van der Waals surface area contributed by atoms with Gasteiger partial charge in [-0.25, -0.2) is 0 Å². The van der Waals surface area contributed by atoms with Gasteiger partial charge in [-0.2, -0.15) is 5.48 Å². The van der Waals surface area contributed by atoms with Crippen LogP contribution in [0.25, 0.3) is 11.1 Å². The molecule has 2 aromatic rings. The van der Waals surface area contributed by atoms with Crippen LogP contribution in [0.15, 0.2) is 66.1 Å². The molecule has 0 spiro atoms. The molecular weight excluding hydrogens is 330 g/mol. The largest absolute Gasteiger partial charge is 0.379 e. The summed E-state index contributed by atoms with van der Waals surface area (Å²) in [4.78, 5) is 17.6. The summed E-state index contributed by atoms with van der Waals surface area (Å²) in [7, 11) is 0. The summed E-state index contributed by atoms with van der Waals surface area (Å²) in [5, 5.41) is 0.779. The zero-order valence-corrected chi connectivity index (χ0v) is 15.1. The van der Waals surface area contributed by atoms with Gasteiger partial charge in [-0.3, -0.25) is 4.79 Å². The Bertz CT molecular complexity index is 704. The van der Waals surface area contributed by atoms with Crippen LogP contribution in [0.3, 0.4) is 0 Å². The van der Waals surface area contributed by atoms with Crippen molar-refractivity contribution in [1.29, 1.82) is 0 Å². The van der Waals surface area contributed by atoms with E-state index in [1.54, 1.807) is 0 Å². The van der Waals surface area contributed by atoms with E-state index in [2.05, 4.69) is 36.3 Å². The minimum atomic E-state index is -0.366. The minimum Gasteiger partial charge on any atom is -0.379 e. The van der Waals surface area contributed by atoms with E-state index < -0.39 is 0 Å². The van der Waals surface area contributed by atoms with Gasteiger partial charge < -0.3 is 4.84 Å². The standard InChI is InChI=1S/C21H23NO2S/c1-2-21(23)22-24-18-12-8-16(9-13-18)17-10-14-20(15-11-17)25-19-6-4-3-5-7-19/h2,8-15,19H,1,3-7H2,(H,22,23). The second-order valence-electron chi connectivity index (χ2n) is 6.20. The molecule has 0 aliphatic heterocycles. The molecule has 1 aliphatic carbocycles. The molecular formula is C21H23NO2S. The average molecular weight is 353 g/mol. The first-order valence-corrected chi connectivity index (χ1v) is 9.59. The molecule has 4 heteroatoms. The number of nitrogens with one attached hydrogen (secondary N) is 1. The topological polar surface area (TPSA) is 38.3 Å². The number of carbonyl (C=O) groups excluding carboxylic acids is 1. The summed E-state index contributed by atoms with van der Waals surface area (Å²) >= 11 is 2.01. The summed E-state index contributed by atoms with van der Waals surface area (Å²) < 4.78 is 0. The van der Waals surface area contributed by atoms with Crippen molar-refractivity contribution in [3.63, 3.8) is 0 Å². The quantitative estimate of drug-likeness (QED) is 0.560. The van der Waals surface area contributed by atoms with Crippen molar-refractivity contribution < 1.29 is 9.63 Å². The van der Waals surface area contributed by atoms with E-state index in [0.29, 0.717) is 5.75 Å². The van der Waals surface area contributed by atoms with Crippen LogP contribution in [-0.2, 0) is 4.79 Å². The molecule has 0 heterocycles. The van der Waals surface area contributed by atoms with Gasteiger partial charge in [0, 0.05) is 10.1 Å². The van der Waals surface area contributed by atoms with Gasteiger partial charge >= 0.3 is 0 Å². The van der Waals surface area contributed by atoms with Gasteiger partial charge in [0.05, 0.1) is 0 Å². The summed E-state index contributed by atoms with van der Waals surface area (Å²) in [6.45, 7) is 3.38. The van der Waals surface area contributed by atoms with E-state index in [0.717, 1.165) is 10.8 Å². The number of rotatable bonds is 6. The highest BCUT2D eigenvalue weighted by Gasteiger charge is 2.14. The highest BCUT2D eigenvalue weighted by molar-refractivity contribution is 8.00. The van der Waals surface area contributed by atoms with E-state index in [4.69, 9.17) is 4.84 Å². The molecule has 1 saturated carbocycles. The van der Waals surface area contributed by atoms with Crippen molar-refractivity contribution in [2.24, 2.45) is 0 Å². The maximum absolute atomic E-state index is 11.1. The lowest BCUT2D eigenvalue weighted by Crippen LogP contribution is -2.24. The molecule has 1 fully saturated rings. The lowest BCUT2D eigenvalue weighted by Gasteiger charge is -2.20. The van der Waals surface area contributed by atoms with Gasteiger partial charge in [0.15, 0.2) is 5.75 Å². The van der Waals surface area contributed by atoms with Crippen molar-refractivity contribution in [2.45, 2.75) is 42.2 Å². The van der Waals surface area contributed by atoms with Crippen LogP contribution >= 0.6 is 11.8 Å². The van der Waals surface area contributed by atoms with E-state index in [9.17, 15) is 4.79 Å². The number of amides is 1. The van der Waals surface area contributed by atoms with Crippen molar-refractivity contribution in [3.8, 4) is 16.9 Å². The van der Waals surface area contributed by atoms with Crippen LogP contribution in [0.4, 0.5) is 0 Å². The monoisotopic (exact) mass is 353 g/mol. The molecule has 1 aliphatic rings. The number of hydrogen-bond acceptors (Lipinski definition) is 3. The fourth-order valence-corrected chi connectivity index (χ4v) is 4.21. The van der Waals surface area contributed by atoms with Crippen molar-refractivity contribution in [1.82, 2.24) is 5.48 Å². The van der Waals surface area contributed by atoms with Gasteiger partial charge in [-0.1, -0.05) is 50.1 Å². The van der Waals surface area contributed by atoms with E-state index in [1.807, 2.05) is 36.0 Å². The molecule has 0 bridgehead atoms. The molecule has 0 radical (unpaired) electrons.